The maximum atomic E-state index is 13.1. The van der Waals surface area contributed by atoms with Gasteiger partial charge >= 0.3 is 6.18 Å². The smallest absolute Gasteiger partial charge is 0.347 e. The van der Waals surface area contributed by atoms with Crippen LogP contribution >= 0.6 is 0 Å². The highest BCUT2D eigenvalue weighted by atomic mass is 19.4. The Kier molecular flexibility index (Phi) is 4.61. The van der Waals surface area contributed by atoms with Crippen LogP contribution in [0.15, 0.2) is 53.4 Å². The molecule has 3 aromatic rings. The average molecular weight is 518 g/mol. The zero-order valence-electron chi connectivity index (χ0n) is 21.3. The van der Waals surface area contributed by atoms with Gasteiger partial charge in [0.1, 0.15) is 5.54 Å². The first-order valence-corrected chi connectivity index (χ1v) is 12.8. The second kappa shape index (κ2) is 7.55. The number of aliphatic imine (C=N–C) groups is 1. The van der Waals surface area contributed by atoms with Gasteiger partial charge in [0.15, 0.2) is 0 Å². The summed E-state index contributed by atoms with van der Waals surface area (Å²) in [6, 6.07) is 6.42. The second-order valence-electron chi connectivity index (χ2n) is 10.6. The number of rotatable bonds is 2. The maximum Gasteiger partial charge on any atom is 0.419 e. The summed E-state index contributed by atoms with van der Waals surface area (Å²) < 4.78 is 41.4. The molecule has 0 radical (unpaired) electrons. The molecule has 38 heavy (non-hydrogen) atoms. The van der Waals surface area contributed by atoms with Crippen molar-refractivity contribution in [2.45, 2.75) is 57.3 Å². The molecule has 4 aliphatic rings. The number of benzene rings is 1. The first-order chi connectivity index (χ1) is 18.1. The molecular weight excluding hydrogens is 491 g/mol. The number of nitrogens with one attached hydrogen (secondary N) is 1. The Morgan fingerprint density at radius 3 is 2.63 bits per heavy atom. The summed E-state index contributed by atoms with van der Waals surface area (Å²) in [7, 11) is 0. The van der Waals surface area contributed by atoms with Gasteiger partial charge in [0.25, 0.3) is 0 Å². The van der Waals surface area contributed by atoms with Crippen LogP contribution in [0, 0.1) is 0 Å². The van der Waals surface area contributed by atoms with Gasteiger partial charge in [-0.25, -0.2) is 14.6 Å². The first kappa shape index (κ1) is 23.2. The van der Waals surface area contributed by atoms with Crippen molar-refractivity contribution in [3.8, 4) is 5.69 Å². The van der Waals surface area contributed by atoms with E-state index in [0.717, 1.165) is 52.7 Å². The highest BCUT2D eigenvalue weighted by molar-refractivity contribution is 5.92. The molecule has 5 heterocycles. The van der Waals surface area contributed by atoms with E-state index < -0.39 is 22.7 Å². The van der Waals surface area contributed by atoms with E-state index in [-0.39, 0.29) is 5.95 Å². The number of aromatic nitrogens is 4. The van der Waals surface area contributed by atoms with Gasteiger partial charge in [-0.2, -0.15) is 18.3 Å². The van der Waals surface area contributed by atoms with E-state index in [2.05, 4.69) is 71.1 Å². The highest BCUT2D eigenvalue weighted by Gasteiger charge is 2.50. The van der Waals surface area contributed by atoms with Crippen molar-refractivity contribution in [1.82, 2.24) is 25.1 Å². The molecule has 10 heteroatoms. The van der Waals surface area contributed by atoms with Crippen LogP contribution in [0.4, 0.5) is 19.1 Å². The van der Waals surface area contributed by atoms with Crippen LogP contribution in [0.5, 0.6) is 0 Å². The Morgan fingerprint density at radius 1 is 1.11 bits per heavy atom. The van der Waals surface area contributed by atoms with Crippen LogP contribution < -0.4 is 10.2 Å². The topological polar surface area (TPSA) is 71.2 Å². The number of hydrogen-bond acceptors (Lipinski definition) is 6. The number of halogens is 3. The van der Waals surface area contributed by atoms with Crippen LogP contribution in [0.3, 0.4) is 0 Å². The number of allylic oxidation sites excluding steroid dienone is 2. The minimum absolute atomic E-state index is 0.287. The van der Waals surface area contributed by atoms with Crippen molar-refractivity contribution in [2.24, 2.45) is 4.99 Å². The summed E-state index contributed by atoms with van der Waals surface area (Å²) in [6.45, 7) is 7.51. The van der Waals surface area contributed by atoms with Crippen molar-refractivity contribution < 1.29 is 13.2 Å². The minimum atomic E-state index is -4.47. The quantitative estimate of drug-likeness (QED) is 0.497. The molecular formula is C28H26F3N7. The third-order valence-electron chi connectivity index (χ3n) is 8.31. The summed E-state index contributed by atoms with van der Waals surface area (Å²) in [5.41, 5.74) is 7.04. The van der Waals surface area contributed by atoms with Crippen molar-refractivity contribution in [1.29, 1.82) is 0 Å². The van der Waals surface area contributed by atoms with E-state index >= 15 is 0 Å². The fourth-order valence-corrected chi connectivity index (χ4v) is 6.38. The summed E-state index contributed by atoms with van der Waals surface area (Å²) in [4.78, 5) is 14.8. The Morgan fingerprint density at radius 2 is 1.89 bits per heavy atom. The van der Waals surface area contributed by atoms with E-state index in [1.54, 1.807) is 6.34 Å². The van der Waals surface area contributed by atoms with Crippen LogP contribution in [0.25, 0.3) is 11.3 Å². The fourth-order valence-electron chi connectivity index (χ4n) is 6.38. The molecule has 194 valence electrons. The average Bonchev–Trinajstić information content (AvgIpc) is 3.48. The summed E-state index contributed by atoms with van der Waals surface area (Å²) in [5, 5.41) is 8.59. The normalized spacial score (nSPS) is 24.9. The van der Waals surface area contributed by atoms with Gasteiger partial charge in [-0.15, -0.1) is 0 Å². The molecule has 1 N–H and O–H groups in total. The van der Waals surface area contributed by atoms with Crippen molar-refractivity contribution >= 4 is 17.9 Å². The van der Waals surface area contributed by atoms with E-state index in [1.165, 1.54) is 11.1 Å². The number of nitrogens with zero attached hydrogens (tertiary/aromatic N) is 6. The lowest BCUT2D eigenvalue weighted by Crippen LogP contribution is -2.41. The number of hydrogen-bond donors (Lipinski definition) is 1. The third kappa shape index (κ3) is 3.03. The van der Waals surface area contributed by atoms with E-state index in [1.807, 2.05) is 4.90 Å². The van der Waals surface area contributed by atoms with Crippen molar-refractivity contribution in [3.05, 3.63) is 82.1 Å². The lowest BCUT2D eigenvalue weighted by Gasteiger charge is -2.43. The molecule has 7 rings (SSSR count). The maximum absolute atomic E-state index is 13.1. The number of para-hydroxylation sites is 1. The third-order valence-corrected chi connectivity index (χ3v) is 8.31. The predicted octanol–water partition coefficient (Wildman–Crippen LogP) is 4.75. The lowest BCUT2D eigenvalue weighted by molar-refractivity contribution is -0.138. The van der Waals surface area contributed by atoms with E-state index in [4.69, 9.17) is 10.1 Å². The first-order valence-electron chi connectivity index (χ1n) is 12.8. The summed E-state index contributed by atoms with van der Waals surface area (Å²) in [6.07, 6.45) is 4.90. The zero-order valence-corrected chi connectivity index (χ0v) is 21.3. The van der Waals surface area contributed by atoms with Gasteiger partial charge in [-0.1, -0.05) is 37.3 Å². The van der Waals surface area contributed by atoms with Gasteiger partial charge in [0, 0.05) is 43.0 Å². The Hall–Kier alpha value is -3.95. The Labute approximate surface area is 217 Å². The van der Waals surface area contributed by atoms with Gasteiger partial charge < -0.3 is 10.2 Å². The molecule has 0 amide bonds. The number of alkyl halides is 3. The largest absolute Gasteiger partial charge is 0.419 e. The minimum Gasteiger partial charge on any atom is -0.347 e. The molecule has 1 aliphatic carbocycles. The molecule has 2 unspecified atom stereocenters. The number of aryl methyl sites for hydroxylation is 1. The van der Waals surface area contributed by atoms with Gasteiger partial charge in [0.2, 0.25) is 5.95 Å². The summed E-state index contributed by atoms with van der Waals surface area (Å²) >= 11 is 0. The van der Waals surface area contributed by atoms with Crippen molar-refractivity contribution in [3.63, 3.8) is 0 Å². The van der Waals surface area contributed by atoms with Gasteiger partial charge in [-0.3, -0.25) is 4.99 Å². The monoisotopic (exact) mass is 517 g/mol. The Balaban J connectivity index is 1.41. The molecule has 0 fully saturated rings. The van der Waals surface area contributed by atoms with E-state index in [9.17, 15) is 13.2 Å². The fraction of sp³-hybridized carbons (Fsp3) is 0.357. The highest BCUT2D eigenvalue weighted by Crippen LogP contribution is 2.55. The molecule has 0 bridgehead atoms. The lowest BCUT2D eigenvalue weighted by atomic mass is 9.65. The van der Waals surface area contributed by atoms with Crippen LogP contribution in [-0.4, -0.2) is 38.2 Å². The molecule has 2 atom stereocenters. The molecule has 1 aromatic carbocycles. The Bertz CT molecular complexity index is 1580. The second-order valence-corrected chi connectivity index (χ2v) is 10.6. The van der Waals surface area contributed by atoms with Crippen LogP contribution in [-0.2, 0) is 31.0 Å². The number of fused-ring (bicyclic) bond motifs is 9. The molecule has 7 nitrogen and oxygen atoms in total. The molecule has 2 aromatic heterocycles. The van der Waals surface area contributed by atoms with Crippen molar-refractivity contribution in [2.75, 3.05) is 11.4 Å². The van der Waals surface area contributed by atoms with Crippen LogP contribution in [0.2, 0.25) is 0 Å². The van der Waals surface area contributed by atoms with Gasteiger partial charge in [-0.05, 0) is 31.4 Å². The molecule has 0 saturated carbocycles. The van der Waals surface area contributed by atoms with Crippen LogP contribution in [0.1, 0.15) is 54.4 Å². The summed E-state index contributed by atoms with van der Waals surface area (Å²) in [5.74, 6) is 0.287. The van der Waals surface area contributed by atoms with E-state index in [0.29, 0.717) is 19.5 Å². The number of anilines is 1. The molecule has 3 aliphatic heterocycles. The molecule has 0 saturated heterocycles. The SMILES string of the molecule is CCc1cccc2c1-n1nc3c(c1C1(C)C=CC4(C)N=CNC4=C21)CN(c1ncc(C(F)(F)F)cn1)CC3. The predicted molar refractivity (Wildman–Crippen MR) is 138 cm³/mol. The molecule has 0 spiro atoms. The zero-order chi connectivity index (χ0) is 26.4. The standard InChI is InChI=1S/C28H26F3N7/c1-4-16-6-5-7-18-21-23-27(3,35-15-34-23)10-9-26(21,2)24-19-14-37(11-8-20(19)36-38(24)22(16)18)25-32-12-17(13-33-25)28(29,30)31/h5-7,9-10,12-13,15H,4,8,11,14H2,1-3H3,(H,34,35). The van der Waals surface area contributed by atoms with Gasteiger partial charge in [0.05, 0.1) is 40.1 Å².